The minimum absolute atomic E-state index is 0.198. The van der Waals surface area contributed by atoms with Crippen LogP contribution in [-0.2, 0) is 11.3 Å². The molecule has 2 aromatic carbocycles. The van der Waals surface area contributed by atoms with E-state index in [-0.39, 0.29) is 17.5 Å². The van der Waals surface area contributed by atoms with Crippen LogP contribution >= 0.6 is 15.9 Å². The Labute approximate surface area is 177 Å². The predicted octanol–water partition coefficient (Wildman–Crippen LogP) is 3.62. The lowest BCUT2D eigenvalue weighted by atomic mass is 10.1. The molecule has 1 aromatic heterocycles. The van der Waals surface area contributed by atoms with Crippen molar-refractivity contribution in [3.63, 3.8) is 0 Å². The molecule has 0 aliphatic heterocycles. The third-order valence-corrected chi connectivity index (χ3v) is 4.68. The summed E-state index contributed by atoms with van der Waals surface area (Å²) in [7, 11) is 0. The van der Waals surface area contributed by atoms with E-state index in [4.69, 9.17) is 0 Å². The molecule has 0 atom stereocenters. The van der Waals surface area contributed by atoms with Crippen molar-refractivity contribution in [2.45, 2.75) is 13.0 Å². The predicted molar refractivity (Wildman–Crippen MR) is 116 cm³/mol. The van der Waals surface area contributed by atoms with Crippen LogP contribution in [0.3, 0.4) is 0 Å². The third kappa shape index (κ3) is 6.43. The molecule has 0 bridgehead atoms. The van der Waals surface area contributed by atoms with Crippen molar-refractivity contribution in [1.29, 1.82) is 0 Å². The number of aromatic nitrogens is 2. The van der Waals surface area contributed by atoms with Gasteiger partial charge in [-0.3, -0.25) is 9.59 Å². The van der Waals surface area contributed by atoms with Crippen LogP contribution in [0, 0.1) is 0 Å². The van der Waals surface area contributed by atoms with E-state index in [0.717, 1.165) is 23.0 Å². The lowest BCUT2D eigenvalue weighted by molar-refractivity contribution is -0.117. The van der Waals surface area contributed by atoms with Crippen LogP contribution in [0.4, 0.5) is 0 Å². The van der Waals surface area contributed by atoms with Gasteiger partial charge in [-0.1, -0.05) is 46.3 Å². The molecular weight excluding hydrogens is 432 g/mol. The number of aryl methyl sites for hydroxylation is 1. The van der Waals surface area contributed by atoms with Crippen molar-refractivity contribution in [1.82, 2.24) is 20.2 Å². The number of rotatable bonds is 8. The normalized spacial score (nSPS) is 11.1. The van der Waals surface area contributed by atoms with E-state index in [2.05, 4.69) is 31.5 Å². The Kier molecular flexibility index (Phi) is 7.35. The second-order valence-corrected chi connectivity index (χ2v) is 7.26. The van der Waals surface area contributed by atoms with Gasteiger partial charge in [0.15, 0.2) is 0 Å². The number of carbonyl (C=O) groups is 2. The van der Waals surface area contributed by atoms with Gasteiger partial charge in [0.2, 0.25) is 0 Å². The maximum absolute atomic E-state index is 12.7. The minimum atomic E-state index is -0.331. The molecule has 2 amide bonds. The first-order valence-corrected chi connectivity index (χ1v) is 9.99. The van der Waals surface area contributed by atoms with Gasteiger partial charge in [-0.15, -0.1) is 0 Å². The van der Waals surface area contributed by atoms with Gasteiger partial charge in [0.05, 0.1) is 6.33 Å². The highest BCUT2D eigenvalue weighted by Crippen LogP contribution is 2.13. The fourth-order valence-electron chi connectivity index (χ4n) is 2.65. The molecule has 0 aliphatic rings. The number of carbonyl (C=O) groups excluding carboxylic acids is 2. The molecule has 0 aliphatic carbocycles. The average Bonchev–Trinajstić information content (AvgIpc) is 3.26. The maximum atomic E-state index is 12.7. The van der Waals surface area contributed by atoms with Crippen LogP contribution in [0.1, 0.15) is 22.3 Å². The van der Waals surface area contributed by atoms with Crippen molar-refractivity contribution in [3.05, 3.63) is 94.6 Å². The number of amides is 2. The Morgan fingerprint density at radius 3 is 2.52 bits per heavy atom. The smallest absolute Gasteiger partial charge is 0.267 e. The van der Waals surface area contributed by atoms with Gasteiger partial charge < -0.3 is 15.2 Å². The largest absolute Gasteiger partial charge is 0.351 e. The minimum Gasteiger partial charge on any atom is -0.351 e. The summed E-state index contributed by atoms with van der Waals surface area (Å²) < 4.78 is 2.88. The zero-order valence-electron chi connectivity index (χ0n) is 15.7. The van der Waals surface area contributed by atoms with Crippen LogP contribution in [0.5, 0.6) is 0 Å². The number of nitrogens with one attached hydrogen (secondary N) is 2. The number of nitrogens with zero attached hydrogens (tertiary/aromatic N) is 2. The molecule has 3 rings (SSSR count). The second-order valence-electron chi connectivity index (χ2n) is 6.34. The molecular formula is C22H21BrN4O2. The van der Waals surface area contributed by atoms with Crippen LogP contribution < -0.4 is 10.6 Å². The number of hydrogen-bond acceptors (Lipinski definition) is 3. The van der Waals surface area contributed by atoms with Gasteiger partial charge in [-0.2, -0.15) is 0 Å². The van der Waals surface area contributed by atoms with E-state index in [1.807, 2.05) is 41.1 Å². The second kappa shape index (κ2) is 10.4. The van der Waals surface area contributed by atoms with E-state index in [1.165, 1.54) is 0 Å². The molecule has 7 heteroatoms. The van der Waals surface area contributed by atoms with Gasteiger partial charge >= 0.3 is 0 Å². The first kappa shape index (κ1) is 20.5. The topological polar surface area (TPSA) is 76.0 Å². The fraction of sp³-hybridized carbons (Fsp3) is 0.136. The van der Waals surface area contributed by atoms with Crippen LogP contribution in [-0.4, -0.2) is 27.9 Å². The highest BCUT2D eigenvalue weighted by Gasteiger charge is 2.14. The Morgan fingerprint density at radius 1 is 1.07 bits per heavy atom. The Balaban J connectivity index is 1.68. The van der Waals surface area contributed by atoms with Gasteiger partial charge in [0, 0.05) is 35.5 Å². The number of hydrogen-bond donors (Lipinski definition) is 2. The van der Waals surface area contributed by atoms with Crippen molar-refractivity contribution in [3.8, 4) is 0 Å². The Bertz CT molecular complexity index is 968. The molecule has 0 radical (unpaired) electrons. The summed E-state index contributed by atoms with van der Waals surface area (Å²) >= 11 is 3.39. The van der Waals surface area contributed by atoms with Crippen LogP contribution in [0.15, 0.2) is 83.5 Å². The van der Waals surface area contributed by atoms with Crippen molar-refractivity contribution in [2.75, 3.05) is 6.54 Å². The molecule has 0 fully saturated rings. The third-order valence-electron chi connectivity index (χ3n) is 4.15. The molecule has 0 saturated heterocycles. The van der Waals surface area contributed by atoms with E-state index < -0.39 is 0 Å². The summed E-state index contributed by atoms with van der Waals surface area (Å²) in [5.41, 5.74) is 1.50. The monoisotopic (exact) mass is 452 g/mol. The van der Waals surface area contributed by atoms with Crippen molar-refractivity contribution >= 4 is 33.8 Å². The molecule has 0 spiro atoms. The lowest BCUT2D eigenvalue weighted by Gasteiger charge is -2.11. The number of benzene rings is 2. The summed E-state index contributed by atoms with van der Waals surface area (Å²) in [5, 5.41) is 5.60. The molecule has 2 N–H and O–H groups in total. The summed E-state index contributed by atoms with van der Waals surface area (Å²) in [4.78, 5) is 29.3. The van der Waals surface area contributed by atoms with Gasteiger partial charge in [-0.05, 0) is 42.3 Å². The maximum Gasteiger partial charge on any atom is 0.267 e. The first-order valence-electron chi connectivity index (χ1n) is 9.19. The van der Waals surface area contributed by atoms with Gasteiger partial charge in [0.1, 0.15) is 5.70 Å². The van der Waals surface area contributed by atoms with Crippen molar-refractivity contribution in [2.24, 2.45) is 0 Å². The highest BCUT2D eigenvalue weighted by molar-refractivity contribution is 9.10. The molecule has 6 nitrogen and oxygen atoms in total. The first-order chi connectivity index (χ1) is 14.1. The molecule has 0 saturated carbocycles. The number of halogens is 1. The van der Waals surface area contributed by atoms with E-state index in [0.29, 0.717) is 12.1 Å². The zero-order chi connectivity index (χ0) is 20.5. The summed E-state index contributed by atoms with van der Waals surface area (Å²) in [6.45, 7) is 1.23. The molecule has 148 valence electrons. The van der Waals surface area contributed by atoms with E-state index in [1.54, 1.807) is 42.9 Å². The fourth-order valence-corrected chi connectivity index (χ4v) is 2.91. The summed E-state index contributed by atoms with van der Waals surface area (Å²) in [6, 6.07) is 16.3. The van der Waals surface area contributed by atoms with Crippen LogP contribution in [0.2, 0.25) is 0 Å². The summed E-state index contributed by atoms with van der Waals surface area (Å²) in [5.74, 6) is -0.662. The summed E-state index contributed by atoms with van der Waals surface area (Å²) in [6.07, 6.45) is 7.75. The Hall–Kier alpha value is -3.19. The molecule has 1 heterocycles. The molecule has 0 unspecified atom stereocenters. The quantitative estimate of drug-likeness (QED) is 0.404. The average molecular weight is 453 g/mol. The molecule has 29 heavy (non-hydrogen) atoms. The van der Waals surface area contributed by atoms with Gasteiger partial charge in [-0.25, -0.2) is 4.98 Å². The van der Waals surface area contributed by atoms with Crippen LogP contribution in [0.25, 0.3) is 6.08 Å². The van der Waals surface area contributed by atoms with E-state index in [9.17, 15) is 9.59 Å². The van der Waals surface area contributed by atoms with E-state index >= 15 is 0 Å². The lowest BCUT2D eigenvalue weighted by Crippen LogP contribution is -2.35. The standard InChI is InChI=1S/C22H21BrN4O2/c23-19-9-7-17(8-10-19)15-20(26-21(28)18-5-2-1-3-6-18)22(29)25-11-4-13-27-14-12-24-16-27/h1-3,5-10,12,14-16H,4,11,13H2,(H,25,29)(H,26,28). The SMILES string of the molecule is O=C(NCCCn1ccnc1)C(=Cc1ccc(Br)cc1)NC(=O)c1ccccc1. The molecule has 3 aromatic rings. The van der Waals surface area contributed by atoms with Crippen molar-refractivity contribution < 1.29 is 9.59 Å². The highest BCUT2D eigenvalue weighted by atomic mass is 79.9. The Morgan fingerprint density at radius 2 is 1.83 bits per heavy atom. The van der Waals surface area contributed by atoms with Gasteiger partial charge in [0.25, 0.3) is 11.8 Å². The number of imidazole rings is 1. The zero-order valence-corrected chi connectivity index (χ0v) is 17.3.